The molecule has 11 heteroatoms. The Morgan fingerprint density at radius 3 is 1.15 bits per heavy atom. The highest BCUT2D eigenvalue weighted by Gasteiger charge is 2.50. The topological polar surface area (TPSA) is 19.4 Å². The monoisotopic (exact) mass is 1490 g/mol. The first-order valence-corrected chi connectivity index (χ1v) is 41.1. The Labute approximate surface area is 666 Å². The molecule has 0 saturated carbocycles. The van der Waals surface area contributed by atoms with Gasteiger partial charge in [-0.2, -0.15) is 0 Å². The number of hydrogen-bond acceptors (Lipinski definition) is 9. The molecular formula is C102H64B2N6S3. The van der Waals surface area contributed by atoms with Crippen molar-refractivity contribution < 1.29 is 0 Å². The summed E-state index contributed by atoms with van der Waals surface area (Å²) in [7, 11) is 0. The number of fused-ring (bicyclic) bond motifs is 17. The van der Waals surface area contributed by atoms with Crippen LogP contribution >= 0.6 is 34.0 Å². The summed E-state index contributed by atoms with van der Waals surface area (Å²) in [6, 6.07) is 146. The van der Waals surface area contributed by atoms with E-state index < -0.39 is 0 Å². The second-order valence-electron chi connectivity index (χ2n) is 29.7. The zero-order chi connectivity index (χ0) is 73.9. The van der Waals surface area contributed by atoms with Crippen LogP contribution in [0.5, 0.6) is 0 Å². The SMILES string of the molecule is c1ccc(-c2ccccc2N2c3cc4c(cc3B3c5ccccc5N(c5cccc6sc7ccccc7c56)c5cc(N(c6ccccc6)c6ccccc6)cc2c53)B2c3ccccc3N(c3cccc5sc6ccccc6c35)c3cc(N(c5ccccc5)c5cccc6c5sc5ccccc56)cc(c32)N4c2ccccc2)cc1. The second kappa shape index (κ2) is 25.4. The van der Waals surface area contributed by atoms with E-state index in [-0.39, 0.29) is 13.4 Å². The molecule has 113 heavy (non-hydrogen) atoms. The fraction of sp³-hybridized carbons (Fsp3) is 0. The van der Waals surface area contributed by atoms with Crippen LogP contribution in [0.2, 0.25) is 0 Å². The molecule has 0 bridgehead atoms. The zero-order valence-corrected chi connectivity index (χ0v) is 63.5. The van der Waals surface area contributed by atoms with E-state index in [0.29, 0.717) is 0 Å². The third kappa shape index (κ3) is 9.72. The van der Waals surface area contributed by atoms with Gasteiger partial charge in [-0.05, 0) is 184 Å². The number of thiophene rings is 3. The lowest BCUT2D eigenvalue weighted by Crippen LogP contribution is -2.65. The van der Waals surface area contributed by atoms with E-state index >= 15 is 0 Å². The van der Waals surface area contributed by atoms with Crippen molar-refractivity contribution in [1.29, 1.82) is 0 Å². The summed E-state index contributed by atoms with van der Waals surface area (Å²) in [6.45, 7) is -0.513. The van der Waals surface area contributed by atoms with Crippen molar-refractivity contribution in [3.05, 3.63) is 388 Å². The van der Waals surface area contributed by atoms with Crippen LogP contribution in [0.3, 0.4) is 0 Å². The lowest BCUT2D eigenvalue weighted by Gasteiger charge is -2.48. The average molecular weight is 1490 g/mol. The molecule has 7 heterocycles. The third-order valence-corrected chi connectivity index (χ3v) is 27.2. The van der Waals surface area contributed by atoms with Gasteiger partial charge in [0.25, 0.3) is 13.4 Å². The fourth-order valence-electron chi connectivity index (χ4n) is 19.2. The van der Waals surface area contributed by atoms with Crippen LogP contribution in [-0.4, -0.2) is 13.4 Å². The summed E-state index contributed by atoms with van der Waals surface area (Å²) >= 11 is 5.62. The number of para-hydroxylation sites is 7. The number of hydrogen-bond donors (Lipinski definition) is 0. The highest BCUT2D eigenvalue weighted by molar-refractivity contribution is 7.27. The highest BCUT2D eigenvalue weighted by Crippen LogP contribution is 2.57. The van der Waals surface area contributed by atoms with E-state index in [9.17, 15) is 0 Å². The highest BCUT2D eigenvalue weighted by atomic mass is 32.1. The van der Waals surface area contributed by atoms with Crippen LogP contribution in [0.4, 0.5) is 102 Å². The van der Waals surface area contributed by atoms with Crippen molar-refractivity contribution in [2.75, 3.05) is 29.4 Å². The maximum absolute atomic E-state index is 2.69. The van der Waals surface area contributed by atoms with Crippen molar-refractivity contribution >= 4 is 243 Å². The first-order chi connectivity index (χ1) is 56.1. The third-order valence-electron chi connectivity index (χ3n) is 23.7. The van der Waals surface area contributed by atoms with Crippen LogP contribution in [0.25, 0.3) is 71.6 Å². The van der Waals surface area contributed by atoms with Crippen molar-refractivity contribution in [1.82, 2.24) is 0 Å². The lowest BCUT2D eigenvalue weighted by atomic mass is 9.30. The van der Waals surface area contributed by atoms with E-state index in [1.807, 2.05) is 34.0 Å². The number of rotatable bonds is 11. The summed E-state index contributed by atoms with van der Waals surface area (Å²) in [5.41, 5.74) is 29.5. The number of anilines is 18. The average Bonchev–Trinajstić information content (AvgIpc) is 1.03. The Bertz CT molecular complexity index is 7230. The van der Waals surface area contributed by atoms with E-state index in [4.69, 9.17) is 0 Å². The predicted molar refractivity (Wildman–Crippen MR) is 488 cm³/mol. The minimum absolute atomic E-state index is 0.255. The van der Waals surface area contributed by atoms with Crippen LogP contribution < -0.4 is 62.2 Å². The molecule has 17 aromatic carbocycles. The van der Waals surface area contributed by atoms with Gasteiger partial charge in [0.15, 0.2) is 0 Å². The Morgan fingerprint density at radius 2 is 0.602 bits per heavy atom. The van der Waals surface area contributed by atoms with Crippen molar-refractivity contribution in [3.8, 4) is 11.1 Å². The van der Waals surface area contributed by atoms with Gasteiger partial charge in [-0.25, -0.2) is 0 Å². The molecule has 0 amide bonds. The molecule has 4 aliphatic rings. The van der Waals surface area contributed by atoms with Gasteiger partial charge in [-0.1, -0.05) is 243 Å². The van der Waals surface area contributed by atoms with E-state index in [1.165, 1.54) is 93.3 Å². The number of nitrogens with zero attached hydrogens (tertiary/aromatic N) is 6. The van der Waals surface area contributed by atoms with Crippen molar-refractivity contribution in [3.63, 3.8) is 0 Å². The Balaban J connectivity index is 0.843. The first kappa shape index (κ1) is 64.2. The van der Waals surface area contributed by atoms with Gasteiger partial charge in [-0.15, -0.1) is 34.0 Å². The molecule has 0 saturated heterocycles. The molecule has 6 nitrogen and oxygen atoms in total. The van der Waals surface area contributed by atoms with Crippen LogP contribution in [0.15, 0.2) is 388 Å². The zero-order valence-electron chi connectivity index (χ0n) is 61.0. The molecule has 3 aromatic heterocycles. The van der Waals surface area contributed by atoms with Crippen LogP contribution in [-0.2, 0) is 0 Å². The summed E-state index contributed by atoms with van der Waals surface area (Å²) in [6.07, 6.45) is 0. The molecule has 0 N–H and O–H groups in total. The van der Waals surface area contributed by atoms with Gasteiger partial charge in [0.1, 0.15) is 0 Å². The molecule has 0 radical (unpaired) electrons. The fourth-order valence-corrected chi connectivity index (χ4v) is 22.6. The molecule has 0 unspecified atom stereocenters. The minimum atomic E-state index is -0.258. The summed E-state index contributed by atoms with van der Waals surface area (Å²) in [4.78, 5) is 15.6. The maximum Gasteiger partial charge on any atom is 0.252 e. The first-order valence-electron chi connectivity index (χ1n) is 38.7. The van der Waals surface area contributed by atoms with Gasteiger partial charge in [0.2, 0.25) is 0 Å². The molecule has 0 aliphatic carbocycles. The quantitative estimate of drug-likeness (QED) is 0.119. The molecule has 0 fully saturated rings. The number of benzene rings is 17. The van der Waals surface area contributed by atoms with E-state index in [1.54, 1.807) is 0 Å². The molecule has 0 atom stereocenters. The molecule has 0 spiro atoms. The second-order valence-corrected chi connectivity index (χ2v) is 33.0. The Kier molecular flexibility index (Phi) is 14.5. The lowest BCUT2D eigenvalue weighted by molar-refractivity contribution is 1.22. The van der Waals surface area contributed by atoms with Gasteiger partial charge in [-0.3, -0.25) is 0 Å². The molecular weight excluding hydrogens is 1430 g/mol. The van der Waals surface area contributed by atoms with E-state index in [2.05, 4.69) is 418 Å². The van der Waals surface area contributed by atoms with Gasteiger partial charge >= 0.3 is 0 Å². The molecule has 526 valence electrons. The summed E-state index contributed by atoms with van der Waals surface area (Å²) in [5.74, 6) is 0. The normalized spacial score (nSPS) is 13.0. The van der Waals surface area contributed by atoms with Gasteiger partial charge in [0, 0.05) is 130 Å². The Morgan fingerprint density at radius 1 is 0.221 bits per heavy atom. The van der Waals surface area contributed by atoms with Crippen molar-refractivity contribution in [2.45, 2.75) is 0 Å². The summed E-state index contributed by atoms with van der Waals surface area (Å²) in [5, 5.41) is 7.50. The van der Waals surface area contributed by atoms with Crippen LogP contribution in [0, 0.1) is 0 Å². The van der Waals surface area contributed by atoms with E-state index in [0.717, 1.165) is 113 Å². The van der Waals surface area contributed by atoms with Crippen molar-refractivity contribution in [2.24, 2.45) is 0 Å². The van der Waals surface area contributed by atoms with Gasteiger partial charge < -0.3 is 29.4 Å². The molecule has 4 aliphatic heterocycles. The Hall–Kier alpha value is -13.7. The predicted octanol–water partition coefficient (Wildman–Crippen LogP) is 25.6. The van der Waals surface area contributed by atoms with Crippen LogP contribution in [0.1, 0.15) is 0 Å². The smallest absolute Gasteiger partial charge is 0.252 e. The molecule has 20 aromatic rings. The standard InChI is InChI=1S/C102H64B2N6S3/c1-6-31-65(32-7-1)72-41-16-22-48-81(72)108-88-64-87-79(63-80(88)104-78-47-21-24-50-83(78)109(84-51-29-57-96-98(84)75-43-18-26-55-94(75)111-96)91-60-70(59-90(108)101(91)104)105(66-33-8-2-9-34-66)67-35-10-3-11-36-67)103-77-46-20-23-49-82(77)110(85-52-30-58-97-99(85)76-44-19-27-56-95(76)112-97)92-62-71(61-89(100(92)103)107(87)69-39-14-5-15-40-69)106(68-37-12-4-13-38-68)86-53-28-45-74-73-42-17-25-54-93(73)113-102(74)86/h1-64H. The largest absolute Gasteiger partial charge is 0.311 e. The van der Waals surface area contributed by atoms with Gasteiger partial charge in [0.05, 0.1) is 38.8 Å². The maximum atomic E-state index is 2.69. The summed E-state index contributed by atoms with van der Waals surface area (Å²) < 4.78 is 7.54. The molecule has 24 rings (SSSR count). The minimum Gasteiger partial charge on any atom is -0.311 e.